The Labute approximate surface area is 140 Å². The van der Waals surface area contributed by atoms with Gasteiger partial charge >= 0.3 is 5.76 Å². The number of hydrogen-bond donors (Lipinski definition) is 1. The van der Waals surface area contributed by atoms with Crippen molar-refractivity contribution in [1.82, 2.24) is 14.9 Å². The number of nitrogens with one attached hydrogen (secondary N) is 1. The summed E-state index contributed by atoms with van der Waals surface area (Å²) in [6.45, 7) is 3.02. The molecule has 0 aliphatic heterocycles. The van der Waals surface area contributed by atoms with Gasteiger partial charge in [-0.3, -0.25) is 4.79 Å². The summed E-state index contributed by atoms with van der Waals surface area (Å²) in [5.41, 5.74) is 0.759. The summed E-state index contributed by atoms with van der Waals surface area (Å²) >= 11 is 0. The van der Waals surface area contributed by atoms with Crippen LogP contribution in [0.15, 0.2) is 27.5 Å². The van der Waals surface area contributed by atoms with Crippen LogP contribution in [0.3, 0.4) is 0 Å². The predicted octanol–water partition coefficient (Wildman–Crippen LogP) is 1.70. The molecule has 1 aliphatic rings. The van der Waals surface area contributed by atoms with Gasteiger partial charge in [0.15, 0.2) is 11.2 Å². The third kappa shape index (κ3) is 3.84. The molecule has 0 saturated heterocycles. The summed E-state index contributed by atoms with van der Waals surface area (Å²) in [5.74, 6) is -0.256. The highest BCUT2D eigenvalue weighted by Gasteiger charge is 2.21. The van der Waals surface area contributed by atoms with Gasteiger partial charge in [-0.25, -0.2) is 14.3 Å². The van der Waals surface area contributed by atoms with E-state index < -0.39 is 5.76 Å². The smallest absolute Gasteiger partial charge is 0.406 e. The van der Waals surface area contributed by atoms with Crippen LogP contribution in [-0.2, 0) is 16.1 Å². The minimum atomic E-state index is -0.578. The second kappa shape index (κ2) is 7.61. The Hall–Kier alpha value is -2.15. The average molecular weight is 333 g/mol. The highest BCUT2D eigenvalue weighted by atomic mass is 16.5. The molecular weight excluding hydrogens is 310 g/mol. The average Bonchev–Trinajstić information content (AvgIpc) is 2.89. The molecule has 7 heteroatoms. The third-order valence-corrected chi connectivity index (χ3v) is 4.51. The lowest BCUT2D eigenvalue weighted by atomic mass is 9.88. The quantitative estimate of drug-likeness (QED) is 0.813. The number of aromatic nitrogens is 2. The van der Waals surface area contributed by atoms with E-state index in [1.165, 1.54) is 23.8 Å². The first-order valence-electron chi connectivity index (χ1n) is 8.48. The number of fused-ring (bicyclic) bond motifs is 1. The van der Waals surface area contributed by atoms with Crippen molar-refractivity contribution >= 4 is 17.1 Å². The lowest BCUT2D eigenvalue weighted by Crippen LogP contribution is -2.34. The Kier molecular flexibility index (Phi) is 5.30. The van der Waals surface area contributed by atoms with E-state index in [0.29, 0.717) is 36.4 Å². The maximum absolute atomic E-state index is 12.0. The zero-order valence-electron chi connectivity index (χ0n) is 13.9. The Balaban J connectivity index is 1.47. The number of pyridine rings is 1. The van der Waals surface area contributed by atoms with Crippen molar-refractivity contribution in [2.24, 2.45) is 5.92 Å². The first-order valence-corrected chi connectivity index (χ1v) is 8.48. The molecule has 1 saturated carbocycles. The molecule has 2 aromatic rings. The summed E-state index contributed by atoms with van der Waals surface area (Å²) < 4.78 is 12.1. The van der Waals surface area contributed by atoms with E-state index in [1.54, 1.807) is 18.3 Å². The van der Waals surface area contributed by atoms with Crippen LogP contribution in [0.4, 0.5) is 0 Å². The highest BCUT2D eigenvalue weighted by molar-refractivity contribution is 5.78. The molecule has 1 N–H and O–H groups in total. The SMILES string of the molecule is C[C@@H]1CCCC[C@@H]1OCCNC(=O)Cn1c(=O)oc2cccnc21. The van der Waals surface area contributed by atoms with Crippen molar-refractivity contribution in [2.75, 3.05) is 13.2 Å². The van der Waals surface area contributed by atoms with Gasteiger partial charge in [0.2, 0.25) is 5.91 Å². The maximum atomic E-state index is 12.0. The van der Waals surface area contributed by atoms with Gasteiger partial charge in [-0.15, -0.1) is 0 Å². The standard InChI is InChI=1S/C17H23N3O4/c1-12-5-2-3-6-13(12)23-10-9-18-15(21)11-20-16-14(24-17(20)22)7-4-8-19-16/h4,7-8,12-13H,2-3,5-6,9-11H2,1H3,(H,18,21)/t12-,13+/m1/s1. The van der Waals surface area contributed by atoms with Gasteiger partial charge in [-0.1, -0.05) is 19.8 Å². The van der Waals surface area contributed by atoms with Crippen molar-refractivity contribution in [3.8, 4) is 0 Å². The summed E-state index contributed by atoms with van der Waals surface area (Å²) in [7, 11) is 0. The van der Waals surface area contributed by atoms with E-state index in [0.717, 1.165) is 6.42 Å². The van der Waals surface area contributed by atoms with E-state index in [2.05, 4.69) is 17.2 Å². The fourth-order valence-electron chi connectivity index (χ4n) is 3.17. The number of oxazole rings is 1. The summed E-state index contributed by atoms with van der Waals surface area (Å²) in [5, 5.41) is 2.77. The second-order valence-electron chi connectivity index (χ2n) is 6.30. The van der Waals surface area contributed by atoms with E-state index in [9.17, 15) is 9.59 Å². The molecule has 0 radical (unpaired) electrons. The van der Waals surface area contributed by atoms with Crippen molar-refractivity contribution < 1.29 is 13.9 Å². The van der Waals surface area contributed by atoms with Crippen LogP contribution >= 0.6 is 0 Å². The summed E-state index contributed by atoms with van der Waals surface area (Å²) in [6.07, 6.45) is 6.65. The minimum Gasteiger partial charge on any atom is -0.406 e. The van der Waals surface area contributed by atoms with Crippen LogP contribution in [0.5, 0.6) is 0 Å². The van der Waals surface area contributed by atoms with Crippen molar-refractivity contribution in [3.63, 3.8) is 0 Å². The molecule has 130 valence electrons. The van der Waals surface area contributed by atoms with Crippen LogP contribution in [0.1, 0.15) is 32.6 Å². The molecule has 1 amide bonds. The molecular formula is C17H23N3O4. The Morgan fingerprint density at radius 2 is 2.29 bits per heavy atom. The molecule has 0 unspecified atom stereocenters. The van der Waals surface area contributed by atoms with Gasteiger partial charge in [0.1, 0.15) is 6.54 Å². The Bertz CT molecular complexity index is 752. The van der Waals surface area contributed by atoms with Crippen LogP contribution in [0.2, 0.25) is 0 Å². The van der Waals surface area contributed by atoms with Crippen LogP contribution < -0.4 is 11.1 Å². The normalized spacial score (nSPS) is 21.0. The van der Waals surface area contributed by atoms with Gasteiger partial charge in [0.25, 0.3) is 0 Å². The second-order valence-corrected chi connectivity index (χ2v) is 6.30. The number of ether oxygens (including phenoxy) is 1. The number of rotatable bonds is 6. The molecule has 3 rings (SSSR count). The zero-order valence-corrected chi connectivity index (χ0v) is 13.9. The molecule has 0 spiro atoms. The monoisotopic (exact) mass is 333 g/mol. The lowest BCUT2D eigenvalue weighted by Gasteiger charge is -2.28. The summed E-state index contributed by atoms with van der Waals surface area (Å²) in [6, 6.07) is 3.33. The molecule has 7 nitrogen and oxygen atoms in total. The Morgan fingerprint density at radius 1 is 1.46 bits per heavy atom. The van der Waals surface area contributed by atoms with Crippen molar-refractivity contribution in [2.45, 2.75) is 45.3 Å². The van der Waals surface area contributed by atoms with Crippen molar-refractivity contribution in [3.05, 3.63) is 28.9 Å². The van der Waals surface area contributed by atoms with Crippen LogP contribution in [-0.4, -0.2) is 34.7 Å². The fourth-order valence-corrected chi connectivity index (χ4v) is 3.17. The molecule has 1 aliphatic carbocycles. The lowest BCUT2D eigenvalue weighted by molar-refractivity contribution is -0.122. The molecule has 2 atom stereocenters. The molecule has 2 heterocycles. The van der Waals surface area contributed by atoms with E-state index in [-0.39, 0.29) is 12.5 Å². The number of carbonyl (C=O) groups is 1. The minimum absolute atomic E-state index is 0.108. The molecule has 1 fully saturated rings. The molecule has 0 bridgehead atoms. The van der Waals surface area contributed by atoms with E-state index in [4.69, 9.17) is 9.15 Å². The topological polar surface area (TPSA) is 86.4 Å². The van der Waals surface area contributed by atoms with Gasteiger partial charge in [0, 0.05) is 12.7 Å². The van der Waals surface area contributed by atoms with Crippen molar-refractivity contribution in [1.29, 1.82) is 0 Å². The van der Waals surface area contributed by atoms with Gasteiger partial charge in [0.05, 0.1) is 12.7 Å². The fraction of sp³-hybridized carbons (Fsp3) is 0.588. The number of carbonyl (C=O) groups excluding carboxylic acids is 1. The largest absolute Gasteiger partial charge is 0.421 e. The van der Waals surface area contributed by atoms with Gasteiger partial charge < -0.3 is 14.5 Å². The maximum Gasteiger partial charge on any atom is 0.421 e. The molecule has 24 heavy (non-hydrogen) atoms. The van der Waals surface area contributed by atoms with Gasteiger partial charge in [-0.05, 0) is 30.9 Å². The van der Waals surface area contributed by atoms with Crippen LogP contribution in [0, 0.1) is 5.92 Å². The number of hydrogen-bond acceptors (Lipinski definition) is 5. The van der Waals surface area contributed by atoms with E-state index >= 15 is 0 Å². The summed E-state index contributed by atoms with van der Waals surface area (Å²) in [4.78, 5) is 27.9. The number of nitrogens with zero attached hydrogens (tertiary/aromatic N) is 2. The first-order chi connectivity index (χ1) is 11.6. The van der Waals surface area contributed by atoms with Gasteiger partial charge in [-0.2, -0.15) is 0 Å². The molecule has 0 aromatic carbocycles. The predicted molar refractivity (Wildman–Crippen MR) is 88.7 cm³/mol. The number of amides is 1. The molecule has 2 aromatic heterocycles. The van der Waals surface area contributed by atoms with E-state index in [1.807, 2.05) is 0 Å². The zero-order chi connectivity index (χ0) is 16.9. The third-order valence-electron chi connectivity index (χ3n) is 4.51. The van der Waals surface area contributed by atoms with Crippen LogP contribution in [0.25, 0.3) is 11.2 Å². The first kappa shape index (κ1) is 16.7. The Morgan fingerprint density at radius 3 is 3.12 bits per heavy atom. The highest BCUT2D eigenvalue weighted by Crippen LogP contribution is 2.25.